The van der Waals surface area contributed by atoms with Crippen LogP contribution in [0.3, 0.4) is 0 Å². The van der Waals surface area contributed by atoms with Crippen molar-refractivity contribution in [2.75, 3.05) is 0 Å². The van der Waals surface area contributed by atoms with Gasteiger partial charge in [-0.25, -0.2) is 0 Å². The molecule has 0 aliphatic heterocycles. The van der Waals surface area contributed by atoms with Gasteiger partial charge in [-0.15, -0.1) is 0 Å². The summed E-state index contributed by atoms with van der Waals surface area (Å²) in [6.45, 7) is 8.61. The standard InChI is InChI=1S/C12H19N/c1-5-11(4)13-12-8-9(2)6-7-10(12)3/h6-8,10,12H,5H2,1-4H3. The molecule has 1 nitrogen and oxygen atoms in total. The first-order valence-electron chi connectivity index (χ1n) is 5.03. The molecule has 2 atom stereocenters. The zero-order valence-corrected chi connectivity index (χ0v) is 9.04. The van der Waals surface area contributed by atoms with E-state index in [4.69, 9.17) is 0 Å². The lowest BCUT2D eigenvalue weighted by molar-refractivity contribution is 0.621. The van der Waals surface area contributed by atoms with Crippen molar-refractivity contribution in [3.8, 4) is 0 Å². The molecule has 0 bridgehead atoms. The van der Waals surface area contributed by atoms with Gasteiger partial charge < -0.3 is 0 Å². The average Bonchev–Trinajstić information content (AvgIpc) is 2.11. The third-order valence-electron chi connectivity index (χ3n) is 2.52. The first-order chi connectivity index (χ1) is 6.13. The first-order valence-corrected chi connectivity index (χ1v) is 5.03. The Morgan fingerprint density at radius 2 is 2.23 bits per heavy atom. The van der Waals surface area contributed by atoms with Gasteiger partial charge in [0.25, 0.3) is 0 Å². The molecule has 1 rings (SSSR count). The molecule has 0 aromatic carbocycles. The van der Waals surface area contributed by atoms with E-state index in [1.807, 2.05) is 0 Å². The summed E-state index contributed by atoms with van der Waals surface area (Å²) in [6, 6.07) is 0.366. The van der Waals surface area contributed by atoms with Gasteiger partial charge in [0.15, 0.2) is 0 Å². The minimum absolute atomic E-state index is 0.366. The topological polar surface area (TPSA) is 12.4 Å². The van der Waals surface area contributed by atoms with Crippen LogP contribution in [0.15, 0.2) is 28.8 Å². The van der Waals surface area contributed by atoms with E-state index in [0.29, 0.717) is 12.0 Å². The van der Waals surface area contributed by atoms with Crippen molar-refractivity contribution in [3.05, 3.63) is 23.8 Å². The lowest BCUT2D eigenvalue weighted by Gasteiger charge is -2.19. The Balaban J connectivity index is 2.75. The molecule has 13 heavy (non-hydrogen) atoms. The molecule has 1 aliphatic rings. The molecule has 1 aliphatic carbocycles. The van der Waals surface area contributed by atoms with Gasteiger partial charge in [0.1, 0.15) is 0 Å². The van der Waals surface area contributed by atoms with Gasteiger partial charge in [-0.2, -0.15) is 0 Å². The maximum Gasteiger partial charge on any atom is 0.0744 e. The summed E-state index contributed by atoms with van der Waals surface area (Å²) >= 11 is 0. The molecule has 0 N–H and O–H groups in total. The zero-order chi connectivity index (χ0) is 9.84. The van der Waals surface area contributed by atoms with Crippen LogP contribution in [0.1, 0.15) is 34.1 Å². The monoisotopic (exact) mass is 177 g/mol. The maximum atomic E-state index is 4.67. The number of hydrogen-bond donors (Lipinski definition) is 0. The minimum atomic E-state index is 0.366. The maximum absolute atomic E-state index is 4.67. The van der Waals surface area contributed by atoms with E-state index in [0.717, 1.165) is 6.42 Å². The average molecular weight is 177 g/mol. The highest BCUT2D eigenvalue weighted by Crippen LogP contribution is 2.19. The van der Waals surface area contributed by atoms with Gasteiger partial charge in [-0.05, 0) is 20.3 Å². The van der Waals surface area contributed by atoms with Gasteiger partial charge in [-0.3, -0.25) is 4.99 Å². The smallest absolute Gasteiger partial charge is 0.0744 e. The Morgan fingerprint density at radius 3 is 2.85 bits per heavy atom. The fraction of sp³-hybridized carbons (Fsp3) is 0.583. The number of nitrogens with zero attached hydrogens (tertiary/aromatic N) is 1. The molecule has 0 radical (unpaired) electrons. The number of allylic oxidation sites excluding steroid dienone is 2. The minimum Gasteiger partial charge on any atom is -0.286 e. The Hall–Kier alpha value is -0.850. The normalized spacial score (nSPS) is 28.9. The van der Waals surface area contributed by atoms with Crippen LogP contribution in [-0.4, -0.2) is 11.8 Å². The predicted molar refractivity (Wildman–Crippen MR) is 59.2 cm³/mol. The second kappa shape index (κ2) is 4.40. The van der Waals surface area contributed by atoms with Crippen LogP contribution in [0.5, 0.6) is 0 Å². The van der Waals surface area contributed by atoms with E-state index in [1.54, 1.807) is 0 Å². The molecule has 1 heteroatoms. The first kappa shape index (κ1) is 10.2. The van der Waals surface area contributed by atoms with Crippen molar-refractivity contribution in [1.29, 1.82) is 0 Å². The van der Waals surface area contributed by atoms with Crippen molar-refractivity contribution in [3.63, 3.8) is 0 Å². The SMILES string of the molecule is CCC(C)=NC1C=C(C)C=CC1C. The highest BCUT2D eigenvalue weighted by atomic mass is 14.8. The van der Waals surface area contributed by atoms with Crippen molar-refractivity contribution >= 4 is 5.71 Å². The summed E-state index contributed by atoms with van der Waals surface area (Å²) in [5.41, 5.74) is 2.58. The molecule has 0 aromatic heterocycles. The number of aliphatic imine (C=N–C) groups is 1. The molecule has 0 amide bonds. The number of hydrogen-bond acceptors (Lipinski definition) is 1. The van der Waals surface area contributed by atoms with Crippen LogP contribution < -0.4 is 0 Å². The quantitative estimate of drug-likeness (QED) is 0.573. The molecule has 72 valence electrons. The Bertz CT molecular complexity index is 258. The summed E-state index contributed by atoms with van der Waals surface area (Å²) in [6.07, 6.45) is 7.73. The summed E-state index contributed by atoms with van der Waals surface area (Å²) in [5, 5.41) is 0. The Labute approximate surface area is 81.3 Å². The molecule has 0 saturated carbocycles. The fourth-order valence-electron chi connectivity index (χ4n) is 1.39. The van der Waals surface area contributed by atoms with E-state index in [2.05, 4.69) is 50.9 Å². The van der Waals surface area contributed by atoms with E-state index in [-0.39, 0.29) is 0 Å². The van der Waals surface area contributed by atoms with E-state index < -0.39 is 0 Å². The highest BCUT2D eigenvalue weighted by molar-refractivity contribution is 5.81. The third kappa shape index (κ3) is 2.83. The molecule has 0 spiro atoms. The third-order valence-corrected chi connectivity index (χ3v) is 2.52. The molecular formula is C12H19N. The van der Waals surface area contributed by atoms with E-state index in [9.17, 15) is 0 Å². The van der Waals surface area contributed by atoms with Gasteiger partial charge in [0.05, 0.1) is 6.04 Å². The van der Waals surface area contributed by atoms with Crippen molar-refractivity contribution < 1.29 is 0 Å². The molecule has 0 saturated heterocycles. The van der Waals surface area contributed by atoms with Gasteiger partial charge in [-0.1, -0.05) is 37.6 Å². The van der Waals surface area contributed by atoms with Crippen LogP contribution in [0.25, 0.3) is 0 Å². The van der Waals surface area contributed by atoms with Crippen LogP contribution in [-0.2, 0) is 0 Å². The zero-order valence-electron chi connectivity index (χ0n) is 9.04. The lowest BCUT2D eigenvalue weighted by atomic mass is 9.94. The van der Waals surface area contributed by atoms with E-state index in [1.165, 1.54) is 11.3 Å². The highest BCUT2D eigenvalue weighted by Gasteiger charge is 2.13. The molecular weight excluding hydrogens is 158 g/mol. The lowest BCUT2D eigenvalue weighted by Crippen LogP contribution is -2.15. The number of rotatable bonds is 2. The molecule has 2 unspecified atom stereocenters. The van der Waals surface area contributed by atoms with Gasteiger partial charge >= 0.3 is 0 Å². The van der Waals surface area contributed by atoms with Crippen molar-refractivity contribution in [2.24, 2.45) is 10.9 Å². The second-order valence-corrected chi connectivity index (χ2v) is 3.84. The van der Waals surface area contributed by atoms with Crippen molar-refractivity contribution in [1.82, 2.24) is 0 Å². The van der Waals surface area contributed by atoms with Crippen LogP contribution in [0.2, 0.25) is 0 Å². The van der Waals surface area contributed by atoms with E-state index >= 15 is 0 Å². The summed E-state index contributed by atoms with van der Waals surface area (Å²) in [5.74, 6) is 0.546. The van der Waals surface area contributed by atoms with Gasteiger partial charge in [0, 0.05) is 11.6 Å². The van der Waals surface area contributed by atoms with Crippen LogP contribution >= 0.6 is 0 Å². The Kier molecular flexibility index (Phi) is 3.47. The molecule has 0 aromatic rings. The van der Waals surface area contributed by atoms with Crippen molar-refractivity contribution in [2.45, 2.75) is 40.2 Å². The summed E-state index contributed by atoms with van der Waals surface area (Å²) in [4.78, 5) is 4.67. The molecule has 0 heterocycles. The predicted octanol–water partition coefficient (Wildman–Crippen LogP) is 3.38. The fourth-order valence-corrected chi connectivity index (χ4v) is 1.39. The van der Waals surface area contributed by atoms with Crippen LogP contribution in [0.4, 0.5) is 0 Å². The molecule has 0 fully saturated rings. The second-order valence-electron chi connectivity index (χ2n) is 3.84. The summed E-state index contributed by atoms with van der Waals surface area (Å²) < 4.78 is 0. The van der Waals surface area contributed by atoms with Gasteiger partial charge in [0.2, 0.25) is 0 Å². The largest absolute Gasteiger partial charge is 0.286 e. The Morgan fingerprint density at radius 1 is 1.54 bits per heavy atom. The summed E-state index contributed by atoms with van der Waals surface area (Å²) in [7, 11) is 0. The van der Waals surface area contributed by atoms with Crippen LogP contribution in [0, 0.1) is 5.92 Å².